The van der Waals surface area contributed by atoms with Crippen LogP contribution in [0.15, 0.2) is 17.3 Å². The van der Waals surface area contributed by atoms with Gasteiger partial charge in [-0.15, -0.1) is 0 Å². The van der Waals surface area contributed by atoms with Crippen molar-refractivity contribution in [3.8, 4) is 0 Å². The highest BCUT2D eigenvalue weighted by molar-refractivity contribution is 6.67. The van der Waals surface area contributed by atoms with Gasteiger partial charge in [0.1, 0.15) is 0 Å². The zero-order chi connectivity index (χ0) is 6.91. The number of aliphatic imine (C=N–C) groups is 1. The molecule has 0 bridgehead atoms. The zero-order valence-corrected chi connectivity index (χ0v) is 5.86. The van der Waals surface area contributed by atoms with Gasteiger partial charge in [0.25, 0.3) is 0 Å². The van der Waals surface area contributed by atoms with E-state index in [1.165, 1.54) is 18.5 Å². The van der Waals surface area contributed by atoms with Gasteiger partial charge in [0.2, 0.25) is 4.33 Å². The minimum Gasteiger partial charge on any atom is -0.291 e. The Morgan fingerprint density at radius 1 is 1.56 bits per heavy atom. The molecule has 0 aliphatic carbocycles. The molecule has 0 fully saturated rings. The molecule has 0 saturated carbocycles. The number of rotatable bonds is 0. The van der Waals surface area contributed by atoms with Gasteiger partial charge in [0.05, 0.1) is 0 Å². The van der Waals surface area contributed by atoms with Gasteiger partial charge in [0.15, 0.2) is 5.78 Å². The van der Waals surface area contributed by atoms with Gasteiger partial charge >= 0.3 is 0 Å². The largest absolute Gasteiger partial charge is 0.291 e. The predicted octanol–water partition coefficient (Wildman–Crippen LogP) is 1.33. The summed E-state index contributed by atoms with van der Waals surface area (Å²) in [6, 6.07) is 0. The second kappa shape index (κ2) is 2.12. The van der Waals surface area contributed by atoms with E-state index in [4.69, 9.17) is 23.2 Å². The van der Waals surface area contributed by atoms with Crippen LogP contribution in [0.5, 0.6) is 0 Å². The predicted molar refractivity (Wildman–Crippen MR) is 37.1 cm³/mol. The van der Waals surface area contributed by atoms with Crippen LogP contribution in [-0.2, 0) is 4.79 Å². The number of carbonyl (C=O) groups is 1. The number of carbonyl (C=O) groups excluding carboxylic acids is 1. The first kappa shape index (κ1) is 6.78. The van der Waals surface area contributed by atoms with Crippen molar-refractivity contribution in [3.63, 3.8) is 0 Å². The Labute approximate surface area is 62.2 Å². The third-order valence-corrected chi connectivity index (χ3v) is 1.44. The van der Waals surface area contributed by atoms with E-state index < -0.39 is 4.33 Å². The zero-order valence-electron chi connectivity index (χ0n) is 4.34. The van der Waals surface area contributed by atoms with Gasteiger partial charge in [-0.05, 0) is 0 Å². The highest BCUT2D eigenvalue weighted by atomic mass is 35.5. The molecule has 0 spiro atoms. The molecular formula is C5H3Cl2NO. The molecule has 1 aliphatic rings. The van der Waals surface area contributed by atoms with Crippen LogP contribution < -0.4 is 0 Å². The first-order chi connectivity index (χ1) is 4.13. The van der Waals surface area contributed by atoms with Crippen molar-refractivity contribution in [2.75, 3.05) is 0 Å². The van der Waals surface area contributed by atoms with Gasteiger partial charge in [0, 0.05) is 18.5 Å². The summed E-state index contributed by atoms with van der Waals surface area (Å²) >= 11 is 10.9. The molecule has 0 aromatic carbocycles. The van der Waals surface area contributed by atoms with Crippen LogP contribution in [0.2, 0.25) is 0 Å². The van der Waals surface area contributed by atoms with E-state index >= 15 is 0 Å². The summed E-state index contributed by atoms with van der Waals surface area (Å²) in [6.45, 7) is 0. The first-order valence-electron chi connectivity index (χ1n) is 2.26. The van der Waals surface area contributed by atoms with Crippen molar-refractivity contribution in [2.45, 2.75) is 4.33 Å². The van der Waals surface area contributed by atoms with Crippen LogP contribution in [0, 0.1) is 0 Å². The SMILES string of the molecule is O=C1C=CN=CC1(Cl)Cl. The number of halogens is 2. The van der Waals surface area contributed by atoms with Crippen LogP contribution >= 0.6 is 23.2 Å². The molecule has 4 heteroatoms. The van der Waals surface area contributed by atoms with Crippen LogP contribution in [0.25, 0.3) is 0 Å². The average molecular weight is 164 g/mol. The molecule has 0 atom stereocenters. The topological polar surface area (TPSA) is 29.4 Å². The standard InChI is InChI=1S/C5H3Cl2NO/c6-5(7)3-8-2-1-4(5)9/h1-3H. The fraction of sp³-hybridized carbons (Fsp3) is 0.200. The molecule has 0 aromatic heterocycles. The Kier molecular flexibility index (Phi) is 1.60. The molecule has 2 nitrogen and oxygen atoms in total. The molecule has 1 aliphatic heterocycles. The summed E-state index contributed by atoms with van der Waals surface area (Å²) in [5.74, 6) is -0.346. The van der Waals surface area contributed by atoms with E-state index in [9.17, 15) is 4.79 Å². The molecule has 9 heavy (non-hydrogen) atoms. The molecule has 0 unspecified atom stereocenters. The Morgan fingerprint density at radius 2 is 2.22 bits per heavy atom. The van der Waals surface area contributed by atoms with E-state index in [1.807, 2.05) is 0 Å². The van der Waals surface area contributed by atoms with E-state index in [2.05, 4.69) is 4.99 Å². The number of allylic oxidation sites excluding steroid dienone is 1. The molecule has 1 rings (SSSR count). The van der Waals surface area contributed by atoms with Crippen LogP contribution in [0.3, 0.4) is 0 Å². The number of ketones is 1. The maximum absolute atomic E-state index is 10.7. The maximum atomic E-state index is 10.7. The summed E-state index contributed by atoms with van der Waals surface area (Å²) < 4.78 is -1.44. The van der Waals surface area contributed by atoms with Gasteiger partial charge in [-0.1, -0.05) is 23.2 Å². The number of nitrogens with zero attached hydrogens (tertiary/aromatic N) is 1. The fourth-order valence-electron chi connectivity index (χ4n) is 0.422. The molecule has 0 N–H and O–H groups in total. The molecule has 48 valence electrons. The summed E-state index contributed by atoms with van der Waals surface area (Å²) in [6.07, 6.45) is 3.78. The monoisotopic (exact) mass is 163 g/mol. The van der Waals surface area contributed by atoms with Gasteiger partial charge in [-0.3, -0.25) is 9.79 Å². The fourth-order valence-corrected chi connectivity index (χ4v) is 0.661. The normalized spacial score (nSPS) is 22.7. The van der Waals surface area contributed by atoms with E-state index in [0.717, 1.165) is 0 Å². The van der Waals surface area contributed by atoms with Crippen molar-refractivity contribution >= 4 is 35.2 Å². The molecule has 0 aromatic rings. The summed E-state index contributed by atoms with van der Waals surface area (Å²) in [5.41, 5.74) is 0. The Bertz CT molecular complexity index is 195. The third-order valence-electron chi connectivity index (χ3n) is 0.877. The summed E-state index contributed by atoms with van der Waals surface area (Å²) in [5, 5.41) is 0. The minimum atomic E-state index is -1.44. The number of alkyl halides is 2. The van der Waals surface area contributed by atoms with Crippen LogP contribution in [-0.4, -0.2) is 16.3 Å². The molecule has 0 radical (unpaired) electrons. The second-order valence-corrected chi connectivity index (χ2v) is 2.97. The van der Waals surface area contributed by atoms with E-state index in [-0.39, 0.29) is 5.78 Å². The van der Waals surface area contributed by atoms with Gasteiger partial charge in [-0.2, -0.15) is 0 Å². The van der Waals surface area contributed by atoms with E-state index in [1.54, 1.807) is 0 Å². The summed E-state index contributed by atoms with van der Waals surface area (Å²) in [7, 11) is 0. The number of hydrogen-bond acceptors (Lipinski definition) is 2. The van der Waals surface area contributed by atoms with Crippen LogP contribution in [0.1, 0.15) is 0 Å². The minimum absolute atomic E-state index is 0.346. The average Bonchev–Trinajstić information content (AvgIpc) is 1.77. The Hall–Kier alpha value is -0.340. The van der Waals surface area contributed by atoms with Gasteiger partial charge < -0.3 is 0 Å². The highest BCUT2D eigenvalue weighted by Crippen LogP contribution is 2.22. The third kappa shape index (κ3) is 1.32. The van der Waals surface area contributed by atoms with Crippen molar-refractivity contribution in [3.05, 3.63) is 12.3 Å². The lowest BCUT2D eigenvalue weighted by molar-refractivity contribution is -0.114. The molecule has 0 amide bonds. The second-order valence-electron chi connectivity index (χ2n) is 1.58. The molecule has 1 heterocycles. The Morgan fingerprint density at radius 3 is 2.56 bits per heavy atom. The first-order valence-corrected chi connectivity index (χ1v) is 3.02. The molecule has 0 saturated heterocycles. The Balaban J connectivity index is 2.91. The maximum Gasteiger partial charge on any atom is 0.214 e. The smallest absolute Gasteiger partial charge is 0.214 e. The highest BCUT2D eigenvalue weighted by Gasteiger charge is 2.30. The lowest BCUT2D eigenvalue weighted by Crippen LogP contribution is -2.27. The number of hydrogen-bond donors (Lipinski definition) is 0. The summed E-state index contributed by atoms with van der Waals surface area (Å²) in [4.78, 5) is 14.3. The van der Waals surface area contributed by atoms with Crippen LogP contribution in [0.4, 0.5) is 0 Å². The van der Waals surface area contributed by atoms with Crippen molar-refractivity contribution in [1.82, 2.24) is 0 Å². The van der Waals surface area contributed by atoms with Crippen molar-refractivity contribution < 1.29 is 4.79 Å². The quantitative estimate of drug-likeness (QED) is 0.496. The van der Waals surface area contributed by atoms with E-state index in [0.29, 0.717) is 0 Å². The van der Waals surface area contributed by atoms with Gasteiger partial charge in [-0.25, -0.2) is 0 Å². The van der Waals surface area contributed by atoms with Crippen molar-refractivity contribution in [2.24, 2.45) is 4.99 Å². The molecular weight excluding hydrogens is 161 g/mol. The van der Waals surface area contributed by atoms with Crippen molar-refractivity contribution in [1.29, 1.82) is 0 Å². The lowest BCUT2D eigenvalue weighted by Gasteiger charge is -2.10. The lowest BCUT2D eigenvalue weighted by atomic mass is 10.2.